The average Bonchev–Trinajstić information content (AvgIpc) is 2.70. The van der Waals surface area contributed by atoms with Crippen molar-refractivity contribution in [1.82, 2.24) is 0 Å². The molecule has 0 saturated heterocycles. The van der Waals surface area contributed by atoms with E-state index in [1.165, 1.54) is 0 Å². The van der Waals surface area contributed by atoms with Gasteiger partial charge in [0, 0.05) is 12.2 Å². The Morgan fingerprint density at radius 3 is 1.52 bits per heavy atom. The van der Waals surface area contributed by atoms with Crippen LogP contribution in [0.2, 0.25) is 0 Å². The van der Waals surface area contributed by atoms with Gasteiger partial charge in [-0.2, -0.15) is 9.81 Å². The number of rotatable bonds is 17. The Kier molecular flexibility index (Phi) is 14.2. The Morgan fingerprint density at radius 1 is 0.815 bits per heavy atom. The van der Waals surface area contributed by atoms with Crippen LogP contribution in [0.25, 0.3) is 0 Å². The molecule has 152 valence electrons. The molecule has 0 rings (SSSR count). The van der Waals surface area contributed by atoms with E-state index in [4.69, 9.17) is 15.4 Å². The van der Waals surface area contributed by atoms with Crippen LogP contribution in [0, 0.1) is 9.81 Å². The molecule has 2 atom stereocenters. The van der Waals surface area contributed by atoms with Crippen LogP contribution in [0.5, 0.6) is 0 Å². The smallest absolute Gasteiger partial charge is 0.330 e. The normalized spacial score (nSPS) is 13.7. The fraction of sp³-hybridized carbons (Fsp3) is 0.600. The molecule has 0 heterocycles. The zero-order chi connectivity index (χ0) is 20.5. The Hall–Kier alpha value is -2.54. The third-order valence-electron chi connectivity index (χ3n) is 2.89. The molecular weight excluding hydrogens is 366 g/mol. The van der Waals surface area contributed by atoms with E-state index in [-0.39, 0.29) is 39.6 Å². The maximum Gasteiger partial charge on any atom is 0.330 e. The molecule has 0 aliphatic rings. The summed E-state index contributed by atoms with van der Waals surface area (Å²) in [6.07, 6.45) is 1.20. The summed E-state index contributed by atoms with van der Waals surface area (Å²) in [6.45, 7) is 5.55. The van der Waals surface area contributed by atoms with E-state index in [1.807, 2.05) is 0 Å². The molecule has 12 heteroatoms. The minimum atomic E-state index is -0.906. The monoisotopic (exact) mass is 389 g/mol. The standard InChI is InChI=1S/C15H23N3O9/c1-3-14(19)25-7-11(17-21)5-23-9-13(27-16)10-24-6-12(18-22)8-26-15(20)4-2/h3-4,11-13H,1-2,5-10,16H2. The van der Waals surface area contributed by atoms with Gasteiger partial charge in [-0.25, -0.2) is 15.5 Å². The lowest BCUT2D eigenvalue weighted by molar-refractivity contribution is -0.139. The Labute approximate surface area is 155 Å². The number of hydrogen-bond donors (Lipinski definition) is 1. The molecule has 0 aromatic rings. The highest BCUT2D eigenvalue weighted by atomic mass is 16.6. The SMILES string of the molecule is C=CC(=O)OCC(COCC(COCC(COC(=O)C=C)N=O)ON)N=O. The second-order valence-electron chi connectivity index (χ2n) is 5.02. The van der Waals surface area contributed by atoms with E-state index in [1.54, 1.807) is 0 Å². The average molecular weight is 389 g/mol. The Morgan fingerprint density at radius 2 is 1.22 bits per heavy atom. The molecule has 0 spiro atoms. The molecule has 0 aliphatic heterocycles. The predicted molar refractivity (Wildman–Crippen MR) is 92.2 cm³/mol. The lowest BCUT2D eigenvalue weighted by atomic mass is 10.3. The molecule has 0 aromatic carbocycles. The van der Waals surface area contributed by atoms with Crippen molar-refractivity contribution in [3.05, 3.63) is 35.1 Å². The van der Waals surface area contributed by atoms with Crippen LogP contribution in [0.15, 0.2) is 35.7 Å². The lowest BCUT2D eigenvalue weighted by Gasteiger charge is -2.17. The van der Waals surface area contributed by atoms with E-state index in [2.05, 4.69) is 37.8 Å². The Bertz CT molecular complexity index is 459. The molecule has 0 amide bonds. The van der Waals surface area contributed by atoms with Gasteiger partial charge in [-0.15, -0.1) is 0 Å². The van der Waals surface area contributed by atoms with Crippen LogP contribution in [0.4, 0.5) is 0 Å². The topological polar surface area (TPSA) is 165 Å². The maximum atomic E-state index is 10.9. The van der Waals surface area contributed by atoms with E-state index < -0.39 is 30.1 Å². The van der Waals surface area contributed by atoms with E-state index in [0.717, 1.165) is 12.2 Å². The van der Waals surface area contributed by atoms with Gasteiger partial charge in [-0.1, -0.05) is 23.5 Å². The van der Waals surface area contributed by atoms with Crippen molar-refractivity contribution in [3.8, 4) is 0 Å². The first-order valence-electron chi connectivity index (χ1n) is 7.74. The van der Waals surface area contributed by atoms with Gasteiger partial charge in [-0.3, -0.25) is 4.84 Å². The van der Waals surface area contributed by atoms with Crippen LogP contribution in [0.3, 0.4) is 0 Å². The zero-order valence-electron chi connectivity index (χ0n) is 14.7. The molecule has 2 unspecified atom stereocenters. The van der Waals surface area contributed by atoms with Crippen molar-refractivity contribution in [2.45, 2.75) is 18.2 Å². The molecule has 0 radical (unpaired) electrons. The van der Waals surface area contributed by atoms with Crippen molar-refractivity contribution in [3.63, 3.8) is 0 Å². The predicted octanol–water partition coefficient (Wildman–Crippen LogP) is 0.00690. The number of nitrogens with two attached hydrogens (primary N) is 1. The maximum absolute atomic E-state index is 10.9. The minimum absolute atomic E-state index is 0.0530. The van der Waals surface area contributed by atoms with Gasteiger partial charge < -0.3 is 18.9 Å². The van der Waals surface area contributed by atoms with Crippen molar-refractivity contribution in [1.29, 1.82) is 0 Å². The van der Waals surface area contributed by atoms with Crippen molar-refractivity contribution in [2.75, 3.05) is 39.6 Å². The van der Waals surface area contributed by atoms with Crippen LogP contribution >= 0.6 is 0 Å². The number of carbonyl (C=O) groups excluding carboxylic acids is 2. The van der Waals surface area contributed by atoms with Gasteiger partial charge in [0.15, 0.2) is 0 Å². The molecule has 0 bridgehead atoms. The van der Waals surface area contributed by atoms with Crippen LogP contribution in [-0.4, -0.2) is 69.8 Å². The summed E-state index contributed by atoms with van der Waals surface area (Å²) in [5.41, 5.74) is 0. The summed E-state index contributed by atoms with van der Waals surface area (Å²) in [4.78, 5) is 47.8. The van der Waals surface area contributed by atoms with Gasteiger partial charge in [0.25, 0.3) is 0 Å². The zero-order valence-corrected chi connectivity index (χ0v) is 14.7. The van der Waals surface area contributed by atoms with E-state index >= 15 is 0 Å². The first-order chi connectivity index (χ1) is 13.0. The quantitative estimate of drug-likeness (QED) is 0.155. The molecular formula is C15H23N3O9. The molecule has 2 N–H and O–H groups in total. The van der Waals surface area contributed by atoms with E-state index in [9.17, 15) is 19.4 Å². The van der Waals surface area contributed by atoms with Crippen LogP contribution < -0.4 is 5.90 Å². The fourth-order valence-corrected chi connectivity index (χ4v) is 1.49. The number of nitrogens with zero attached hydrogens (tertiary/aromatic N) is 2. The molecule has 12 nitrogen and oxygen atoms in total. The van der Waals surface area contributed by atoms with Crippen LogP contribution in [0.1, 0.15) is 0 Å². The van der Waals surface area contributed by atoms with Gasteiger partial charge in [0.05, 0.1) is 26.4 Å². The second-order valence-corrected chi connectivity index (χ2v) is 5.02. The number of nitroso groups, excluding NO2 is 2. The molecule has 0 saturated carbocycles. The lowest BCUT2D eigenvalue weighted by Crippen LogP contribution is -2.32. The van der Waals surface area contributed by atoms with Crippen molar-refractivity contribution < 1.29 is 33.4 Å². The van der Waals surface area contributed by atoms with Crippen molar-refractivity contribution >= 4 is 11.9 Å². The first-order valence-corrected chi connectivity index (χ1v) is 7.74. The summed E-state index contributed by atoms with van der Waals surface area (Å²) < 4.78 is 19.8. The molecule has 0 aromatic heterocycles. The summed E-state index contributed by atoms with van der Waals surface area (Å²) >= 11 is 0. The molecule has 0 fully saturated rings. The van der Waals surface area contributed by atoms with Gasteiger partial charge >= 0.3 is 11.9 Å². The third-order valence-corrected chi connectivity index (χ3v) is 2.89. The summed E-state index contributed by atoms with van der Waals surface area (Å²) in [6, 6.07) is -1.81. The van der Waals surface area contributed by atoms with Crippen LogP contribution in [-0.2, 0) is 33.4 Å². The van der Waals surface area contributed by atoms with Gasteiger partial charge in [0.2, 0.25) is 0 Å². The van der Waals surface area contributed by atoms with E-state index in [0.29, 0.717) is 0 Å². The minimum Gasteiger partial charge on any atom is -0.460 e. The largest absolute Gasteiger partial charge is 0.460 e. The fourth-order valence-electron chi connectivity index (χ4n) is 1.49. The third kappa shape index (κ3) is 12.4. The van der Waals surface area contributed by atoms with Gasteiger partial charge in [0.1, 0.15) is 31.4 Å². The second kappa shape index (κ2) is 15.7. The summed E-state index contributed by atoms with van der Waals surface area (Å²) in [7, 11) is 0. The highest BCUT2D eigenvalue weighted by Gasteiger charge is 2.16. The van der Waals surface area contributed by atoms with Crippen molar-refractivity contribution in [2.24, 2.45) is 16.3 Å². The number of hydrogen-bond acceptors (Lipinski definition) is 12. The number of esters is 2. The Balaban J connectivity index is 4.08. The molecule has 0 aliphatic carbocycles. The highest BCUT2D eigenvalue weighted by Crippen LogP contribution is 2.00. The number of ether oxygens (including phenoxy) is 4. The van der Waals surface area contributed by atoms with Gasteiger partial charge in [-0.05, 0) is 0 Å². The first kappa shape index (κ1) is 24.5. The number of carbonyl (C=O) groups is 2. The highest BCUT2D eigenvalue weighted by molar-refractivity contribution is 5.81. The summed E-state index contributed by atoms with van der Waals surface area (Å²) in [5, 5.41) is 5.54. The molecule has 27 heavy (non-hydrogen) atoms. The summed E-state index contributed by atoms with van der Waals surface area (Å²) in [5.74, 6) is 3.75.